The predicted octanol–water partition coefficient (Wildman–Crippen LogP) is 3.48. The van der Waals surface area contributed by atoms with Gasteiger partial charge in [0.05, 0.1) is 18.6 Å². The second kappa shape index (κ2) is 11.7. The molecule has 0 spiro atoms. The minimum absolute atomic E-state index is 0.117. The van der Waals surface area contributed by atoms with Gasteiger partial charge in [0.15, 0.2) is 6.29 Å². The van der Waals surface area contributed by atoms with Gasteiger partial charge in [-0.05, 0) is 31.9 Å². The number of aliphatic hydroxyl groups is 1. The fraction of sp³-hybridized carbons (Fsp3) is 0.500. The lowest BCUT2D eigenvalue weighted by molar-refractivity contribution is -0.314. The largest absolute Gasteiger partial charge is 0.462 e. The third-order valence-corrected chi connectivity index (χ3v) is 5.41. The van der Waals surface area contributed by atoms with E-state index in [0.717, 1.165) is 11.1 Å². The van der Waals surface area contributed by atoms with E-state index < -0.39 is 36.1 Å². The van der Waals surface area contributed by atoms with Gasteiger partial charge in [-0.15, -0.1) is 0 Å². The van der Waals surface area contributed by atoms with Gasteiger partial charge in [-0.1, -0.05) is 60.7 Å². The summed E-state index contributed by atoms with van der Waals surface area (Å²) in [6, 6.07) is 19.4. The third kappa shape index (κ3) is 7.09. The van der Waals surface area contributed by atoms with Crippen LogP contribution in [0.4, 0.5) is 0 Å². The van der Waals surface area contributed by atoms with Crippen molar-refractivity contribution in [1.82, 2.24) is 0 Å². The van der Waals surface area contributed by atoms with Gasteiger partial charge in [0.1, 0.15) is 31.0 Å². The summed E-state index contributed by atoms with van der Waals surface area (Å²) in [5.41, 5.74) is 1.28. The molecule has 1 aliphatic heterocycles. The Kier molecular flexibility index (Phi) is 9.00. The quantitative estimate of drug-likeness (QED) is 0.576. The van der Waals surface area contributed by atoms with Crippen LogP contribution in [0.3, 0.4) is 0 Å². The zero-order chi connectivity index (χ0) is 23.8. The lowest BCUT2D eigenvalue weighted by atomic mass is 9.96. The lowest BCUT2D eigenvalue weighted by Crippen LogP contribution is -2.61. The van der Waals surface area contributed by atoms with Crippen LogP contribution < -0.4 is 0 Å². The first kappa shape index (κ1) is 25.3. The van der Waals surface area contributed by atoms with Gasteiger partial charge in [0.25, 0.3) is 0 Å². The van der Waals surface area contributed by atoms with Crippen molar-refractivity contribution in [3.05, 3.63) is 71.8 Å². The molecule has 2 aromatic rings. The van der Waals surface area contributed by atoms with Gasteiger partial charge >= 0.3 is 5.97 Å². The summed E-state index contributed by atoms with van der Waals surface area (Å²) in [7, 11) is 1.51. The predicted molar refractivity (Wildman–Crippen MR) is 122 cm³/mol. The molecular formula is C26H34O7. The Bertz CT molecular complexity index is 850. The third-order valence-electron chi connectivity index (χ3n) is 5.41. The van der Waals surface area contributed by atoms with Crippen LogP contribution in [0.25, 0.3) is 0 Å². The van der Waals surface area contributed by atoms with Crippen molar-refractivity contribution in [2.45, 2.75) is 64.7 Å². The molecule has 1 heterocycles. The first-order valence-corrected chi connectivity index (χ1v) is 11.1. The number of benzene rings is 2. The van der Waals surface area contributed by atoms with Gasteiger partial charge in [0.2, 0.25) is 0 Å². The fourth-order valence-corrected chi connectivity index (χ4v) is 3.49. The summed E-state index contributed by atoms with van der Waals surface area (Å²) in [6.07, 6.45) is -4.17. The van der Waals surface area contributed by atoms with Gasteiger partial charge in [-0.2, -0.15) is 0 Å². The molecule has 0 bridgehead atoms. The number of carbonyl (C=O) groups is 1. The van der Waals surface area contributed by atoms with E-state index in [4.69, 9.17) is 23.7 Å². The van der Waals surface area contributed by atoms with Crippen LogP contribution in [0.15, 0.2) is 60.7 Å². The topological polar surface area (TPSA) is 83.5 Å². The second-order valence-electron chi connectivity index (χ2n) is 9.14. The molecule has 0 saturated carbocycles. The summed E-state index contributed by atoms with van der Waals surface area (Å²) < 4.78 is 29.2. The molecule has 1 N–H and O–H groups in total. The Morgan fingerprint density at radius 3 is 1.91 bits per heavy atom. The van der Waals surface area contributed by atoms with Gasteiger partial charge in [-0.25, -0.2) is 0 Å². The molecule has 5 atom stereocenters. The normalized spacial score (nSPS) is 25.5. The van der Waals surface area contributed by atoms with E-state index in [9.17, 15) is 9.90 Å². The highest BCUT2D eigenvalue weighted by molar-refractivity contribution is 5.75. The molecule has 180 valence electrons. The fourth-order valence-electron chi connectivity index (χ4n) is 3.49. The maximum absolute atomic E-state index is 12.2. The first-order chi connectivity index (χ1) is 15.8. The Labute approximate surface area is 195 Å². The average molecular weight is 459 g/mol. The SMILES string of the molecule is CO[C@H]1O[C@H](COC(=O)C(C)(C)C)[C@@H](O)[C@H](OCc2ccccc2)[C@H]1OCc1ccccc1. The van der Waals surface area contributed by atoms with E-state index in [0.29, 0.717) is 6.61 Å². The van der Waals surface area contributed by atoms with Crippen LogP contribution in [0.2, 0.25) is 0 Å². The molecule has 1 saturated heterocycles. The van der Waals surface area contributed by atoms with E-state index in [-0.39, 0.29) is 19.2 Å². The minimum atomic E-state index is -1.09. The summed E-state index contributed by atoms with van der Waals surface area (Å²) in [5, 5.41) is 11.1. The van der Waals surface area contributed by atoms with Gasteiger partial charge in [0, 0.05) is 7.11 Å². The summed E-state index contributed by atoms with van der Waals surface area (Å²) in [6.45, 7) is 5.77. The van der Waals surface area contributed by atoms with Crippen LogP contribution in [-0.2, 0) is 41.7 Å². The molecule has 1 aliphatic rings. The van der Waals surface area contributed by atoms with Crippen LogP contribution in [0, 0.1) is 5.41 Å². The van der Waals surface area contributed by atoms with Crippen molar-refractivity contribution in [1.29, 1.82) is 0 Å². The number of carbonyl (C=O) groups excluding carboxylic acids is 1. The van der Waals surface area contributed by atoms with E-state index in [1.807, 2.05) is 60.7 Å². The molecular weight excluding hydrogens is 424 g/mol. The number of methoxy groups -OCH3 is 1. The summed E-state index contributed by atoms with van der Waals surface area (Å²) >= 11 is 0. The standard InChI is InChI=1S/C26H34O7/c1-26(2,3)25(28)32-17-20-21(27)22(30-15-18-11-7-5-8-12-18)23(24(29-4)33-20)31-16-19-13-9-6-10-14-19/h5-14,20-24,27H,15-17H2,1-4H3/t20-,21-,22+,23-,24+/m1/s1. The molecule has 33 heavy (non-hydrogen) atoms. The van der Waals surface area contributed by atoms with Crippen LogP contribution in [0.1, 0.15) is 31.9 Å². The summed E-state index contributed by atoms with van der Waals surface area (Å²) in [5.74, 6) is -0.378. The maximum atomic E-state index is 12.2. The van der Waals surface area contributed by atoms with Crippen LogP contribution in [0.5, 0.6) is 0 Å². The molecule has 3 rings (SSSR count). The van der Waals surface area contributed by atoms with Crippen molar-refractivity contribution in [2.75, 3.05) is 13.7 Å². The van der Waals surface area contributed by atoms with Crippen LogP contribution >= 0.6 is 0 Å². The van der Waals surface area contributed by atoms with E-state index >= 15 is 0 Å². The van der Waals surface area contributed by atoms with Crippen molar-refractivity contribution in [3.63, 3.8) is 0 Å². The molecule has 0 amide bonds. The van der Waals surface area contributed by atoms with E-state index in [1.54, 1.807) is 20.8 Å². The minimum Gasteiger partial charge on any atom is -0.462 e. The van der Waals surface area contributed by atoms with Crippen molar-refractivity contribution >= 4 is 5.97 Å². The zero-order valence-corrected chi connectivity index (χ0v) is 19.7. The van der Waals surface area contributed by atoms with Crippen molar-refractivity contribution in [2.24, 2.45) is 5.41 Å². The molecule has 0 aliphatic carbocycles. The van der Waals surface area contributed by atoms with E-state index in [2.05, 4.69) is 0 Å². The van der Waals surface area contributed by atoms with Crippen molar-refractivity contribution < 1.29 is 33.6 Å². The molecule has 0 aromatic heterocycles. The smallest absolute Gasteiger partial charge is 0.311 e. The maximum Gasteiger partial charge on any atom is 0.311 e. The Hall–Kier alpha value is -2.29. The number of esters is 1. The summed E-state index contributed by atoms with van der Waals surface area (Å²) in [4.78, 5) is 12.2. The molecule has 0 radical (unpaired) electrons. The molecule has 2 aromatic carbocycles. The Morgan fingerprint density at radius 1 is 0.909 bits per heavy atom. The number of ether oxygens (including phenoxy) is 5. The second-order valence-corrected chi connectivity index (χ2v) is 9.14. The Balaban J connectivity index is 1.75. The lowest BCUT2D eigenvalue weighted by Gasteiger charge is -2.43. The molecule has 7 heteroatoms. The number of aliphatic hydroxyl groups excluding tert-OH is 1. The highest BCUT2D eigenvalue weighted by Crippen LogP contribution is 2.29. The zero-order valence-electron chi connectivity index (χ0n) is 19.7. The molecule has 0 unspecified atom stereocenters. The Morgan fingerprint density at radius 2 is 1.42 bits per heavy atom. The number of hydrogen-bond acceptors (Lipinski definition) is 7. The highest BCUT2D eigenvalue weighted by Gasteiger charge is 2.47. The average Bonchev–Trinajstić information content (AvgIpc) is 2.81. The van der Waals surface area contributed by atoms with E-state index in [1.165, 1.54) is 7.11 Å². The number of rotatable bonds is 9. The monoisotopic (exact) mass is 458 g/mol. The molecule has 7 nitrogen and oxygen atoms in total. The first-order valence-electron chi connectivity index (χ1n) is 11.1. The van der Waals surface area contributed by atoms with Crippen molar-refractivity contribution in [3.8, 4) is 0 Å². The molecule has 1 fully saturated rings. The van der Waals surface area contributed by atoms with Gasteiger partial charge < -0.3 is 28.8 Å². The highest BCUT2D eigenvalue weighted by atomic mass is 16.7. The van der Waals surface area contributed by atoms with Crippen LogP contribution in [-0.4, -0.2) is 55.5 Å². The van der Waals surface area contributed by atoms with Gasteiger partial charge in [-0.3, -0.25) is 4.79 Å². The number of hydrogen-bond donors (Lipinski definition) is 1.